The minimum atomic E-state index is -0.909. The molecule has 0 aliphatic rings. The quantitative estimate of drug-likeness (QED) is 0.143. The van der Waals surface area contributed by atoms with Crippen LogP contribution in [-0.2, 0) is 14.3 Å². The molecule has 0 aromatic heterocycles. The van der Waals surface area contributed by atoms with Gasteiger partial charge in [0.15, 0.2) is 0 Å². The lowest BCUT2D eigenvalue weighted by Gasteiger charge is -2.30. The second-order valence-corrected chi connectivity index (χ2v) is 11.4. The van der Waals surface area contributed by atoms with Crippen LogP contribution in [0.15, 0.2) is 24.3 Å². The van der Waals surface area contributed by atoms with Gasteiger partial charge in [0.25, 0.3) is 5.91 Å². The summed E-state index contributed by atoms with van der Waals surface area (Å²) in [5.74, 6) is -0.714. The second kappa shape index (κ2) is 20.5. The molecular weight excluding hydrogens is 548 g/mol. The van der Waals surface area contributed by atoms with Crippen LogP contribution in [0.3, 0.4) is 0 Å². The topological polar surface area (TPSA) is 166 Å². The van der Waals surface area contributed by atoms with Gasteiger partial charge in [-0.05, 0) is 62.5 Å². The lowest BCUT2D eigenvalue weighted by atomic mass is 9.83. The monoisotopic (exact) mass is 600 g/mol. The Labute approximate surface area is 252 Å². The molecule has 0 aliphatic carbocycles. The molecule has 1 aromatic rings. The Morgan fingerprint density at radius 1 is 0.976 bits per heavy atom. The SMILES string of the molecule is COCCCCOc1ccccc1C(=O)NCC(CC(N)C(O)CC(C(=O)NC(C)CC(N)=O)C(C)C)C(C)C.Cl. The number of hydrogen-bond acceptors (Lipinski definition) is 7. The summed E-state index contributed by atoms with van der Waals surface area (Å²) in [5, 5.41) is 16.8. The zero-order chi connectivity index (χ0) is 30.2. The molecule has 0 fully saturated rings. The van der Waals surface area contributed by atoms with Gasteiger partial charge in [0.05, 0.1) is 18.3 Å². The first kappa shape index (κ1) is 38.6. The van der Waals surface area contributed by atoms with E-state index in [0.717, 1.165) is 12.8 Å². The van der Waals surface area contributed by atoms with Crippen LogP contribution >= 0.6 is 12.4 Å². The maximum Gasteiger partial charge on any atom is 0.255 e. The highest BCUT2D eigenvalue weighted by Crippen LogP contribution is 2.24. The van der Waals surface area contributed by atoms with Crippen LogP contribution in [0.2, 0.25) is 0 Å². The normalized spacial score (nSPS) is 14.9. The number of aliphatic hydroxyl groups excluding tert-OH is 1. The van der Waals surface area contributed by atoms with Crippen LogP contribution in [0, 0.1) is 23.7 Å². The maximum absolute atomic E-state index is 13.0. The Kier molecular flexibility index (Phi) is 19.3. The van der Waals surface area contributed by atoms with Gasteiger partial charge in [0, 0.05) is 44.7 Å². The summed E-state index contributed by atoms with van der Waals surface area (Å²) < 4.78 is 10.9. The summed E-state index contributed by atoms with van der Waals surface area (Å²) in [7, 11) is 1.66. The Balaban J connectivity index is 0.0000160. The fourth-order valence-corrected chi connectivity index (χ4v) is 4.55. The number of carbonyl (C=O) groups excluding carboxylic acids is 3. The first-order valence-corrected chi connectivity index (χ1v) is 14.4. The predicted octanol–water partition coefficient (Wildman–Crippen LogP) is 3.04. The molecule has 0 saturated heterocycles. The molecule has 7 N–H and O–H groups in total. The fraction of sp³-hybridized carbons (Fsp3) is 0.700. The number of methoxy groups -OCH3 is 1. The average molecular weight is 601 g/mol. The number of aliphatic hydroxyl groups is 1. The van der Waals surface area contributed by atoms with Crippen molar-refractivity contribution in [1.29, 1.82) is 0 Å². The number of para-hydroxylation sites is 1. The molecule has 1 rings (SSSR count). The number of primary amides is 1. The summed E-state index contributed by atoms with van der Waals surface area (Å²) in [6, 6.07) is 6.19. The summed E-state index contributed by atoms with van der Waals surface area (Å²) >= 11 is 0. The number of amides is 3. The third-order valence-electron chi connectivity index (χ3n) is 7.20. The van der Waals surface area contributed by atoms with Crippen LogP contribution in [0.4, 0.5) is 0 Å². The summed E-state index contributed by atoms with van der Waals surface area (Å²) in [4.78, 5) is 37.0. The van der Waals surface area contributed by atoms with E-state index in [1.165, 1.54) is 0 Å². The molecular formula is C30H53ClN4O6. The number of hydrogen-bond donors (Lipinski definition) is 5. The van der Waals surface area contributed by atoms with Crippen molar-refractivity contribution in [2.45, 2.75) is 84.9 Å². The van der Waals surface area contributed by atoms with Gasteiger partial charge >= 0.3 is 0 Å². The molecule has 10 nitrogen and oxygen atoms in total. The number of nitrogens with two attached hydrogens (primary N) is 2. The van der Waals surface area contributed by atoms with Crippen LogP contribution in [0.5, 0.6) is 5.75 Å². The molecule has 0 radical (unpaired) electrons. The van der Waals surface area contributed by atoms with E-state index in [-0.39, 0.29) is 54.8 Å². The van der Waals surface area contributed by atoms with Crippen molar-refractivity contribution in [3.05, 3.63) is 29.8 Å². The van der Waals surface area contributed by atoms with Crippen LogP contribution in [0.1, 0.15) is 77.1 Å². The van der Waals surface area contributed by atoms with E-state index >= 15 is 0 Å². The minimum Gasteiger partial charge on any atom is -0.493 e. The molecule has 5 unspecified atom stereocenters. The van der Waals surface area contributed by atoms with Crippen LogP contribution < -0.4 is 26.8 Å². The van der Waals surface area contributed by atoms with E-state index in [1.54, 1.807) is 32.2 Å². The highest BCUT2D eigenvalue weighted by atomic mass is 35.5. The predicted molar refractivity (Wildman–Crippen MR) is 164 cm³/mol. The van der Waals surface area contributed by atoms with E-state index in [1.807, 2.05) is 19.9 Å². The summed E-state index contributed by atoms with van der Waals surface area (Å²) in [5.41, 5.74) is 12.1. The number of benzene rings is 1. The molecule has 0 heterocycles. The maximum atomic E-state index is 13.0. The summed E-state index contributed by atoms with van der Waals surface area (Å²) in [6.45, 7) is 11.2. The molecule has 3 amide bonds. The van der Waals surface area contributed by atoms with Crippen molar-refractivity contribution in [3.8, 4) is 5.75 Å². The highest BCUT2D eigenvalue weighted by Gasteiger charge is 2.30. The van der Waals surface area contributed by atoms with E-state index in [0.29, 0.717) is 37.5 Å². The van der Waals surface area contributed by atoms with Gasteiger partial charge in [-0.3, -0.25) is 14.4 Å². The Hall–Kier alpha value is -2.40. The molecule has 1 aromatic carbocycles. The average Bonchev–Trinajstić information content (AvgIpc) is 2.88. The Bertz CT molecular complexity index is 917. The van der Waals surface area contributed by atoms with Gasteiger partial charge in [-0.25, -0.2) is 0 Å². The van der Waals surface area contributed by atoms with E-state index < -0.39 is 30.0 Å². The second-order valence-electron chi connectivity index (χ2n) is 11.4. The zero-order valence-corrected chi connectivity index (χ0v) is 26.4. The third kappa shape index (κ3) is 14.9. The molecule has 236 valence electrons. The van der Waals surface area contributed by atoms with Crippen LogP contribution in [-0.4, -0.2) is 67.9 Å². The number of nitrogens with one attached hydrogen (secondary N) is 2. The van der Waals surface area contributed by atoms with Gasteiger partial charge in [-0.1, -0.05) is 39.8 Å². The van der Waals surface area contributed by atoms with Gasteiger partial charge in [0.1, 0.15) is 5.75 Å². The van der Waals surface area contributed by atoms with Gasteiger partial charge in [-0.2, -0.15) is 0 Å². The van der Waals surface area contributed by atoms with Gasteiger partial charge in [-0.15, -0.1) is 12.4 Å². The third-order valence-corrected chi connectivity index (χ3v) is 7.20. The standard InChI is InChI=1S/C30H52N4O6.ClH/c1-19(2)22(18-33-29(37)23-11-7-8-12-27(23)40-14-10-9-13-39-6)16-25(31)26(35)17-24(20(3)4)30(38)34-21(5)15-28(32)36;/h7-8,11-12,19-22,24-26,35H,9-10,13-18,31H2,1-6H3,(H2,32,36)(H,33,37)(H,34,38);1H. The summed E-state index contributed by atoms with van der Waals surface area (Å²) in [6.07, 6.45) is 1.51. The molecule has 11 heteroatoms. The first-order chi connectivity index (χ1) is 18.9. The largest absolute Gasteiger partial charge is 0.493 e. The molecule has 41 heavy (non-hydrogen) atoms. The Morgan fingerprint density at radius 3 is 2.20 bits per heavy atom. The van der Waals surface area contributed by atoms with Crippen molar-refractivity contribution < 1.29 is 29.0 Å². The van der Waals surface area contributed by atoms with Crippen LogP contribution in [0.25, 0.3) is 0 Å². The molecule has 0 saturated carbocycles. The molecule has 0 bridgehead atoms. The van der Waals surface area contributed by atoms with Gasteiger partial charge in [0.2, 0.25) is 11.8 Å². The molecule has 0 spiro atoms. The van der Waals surface area contributed by atoms with Crippen molar-refractivity contribution >= 4 is 30.1 Å². The first-order valence-electron chi connectivity index (χ1n) is 14.4. The van der Waals surface area contributed by atoms with Crippen molar-refractivity contribution in [2.75, 3.05) is 26.9 Å². The molecule has 5 atom stereocenters. The zero-order valence-electron chi connectivity index (χ0n) is 25.6. The number of halogens is 1. The Morgan fingerprint density at radius 2 is 1.61 bits per heavy atom. The van der Waals surface area contributed by atoms with Crippen molar-refractivity contribution in [1.82, 2.24) is 10.6 Å². The lowest BCUT2D eigenvalue weighted by Crippen LogP contribution is -2.45. The van der Waals surface area contributed by atoms with Crippen molar-refractivity contribution in [2.24, 2.45) is 35.1 Å². The lowest BCUT2D eigenvalue weighted by molar-refractivity contribution is -0.128. The van der Waals surface area contributed by atoms with E-state index in [9.17, 15) is 19.5 Å². The van der Waals surface area contributed by atoms with Crippen molar-refractivity contribution in [3.63, 3.8) is 0 Å². The highest BCUT2D eigenvalue weighted by molar-refractivity contribution is 5.96. The van der Waals surface area contributed by atoms with E-state index in [4.69, 9.17) is 20.9 Å². The number of ether oxygens (including phenoxy) is 2. The minimum absolute atomic E-state index is 0. The molecule has 0 aliphatic heterocycles. The van der Waals surface area contributed by atoms with Gasteiger partial charge < -0.3 is 36.7 Å². The smallest absolute Gasteiger partial charge is 0.255 e. The number of rotatable bonds is 20. The fourth-order valence-electron chi connectivity index (χ4n) is 4.55. The number of carbonyl (C=O) groups is 3. The number of unbranched alkanes of at least 4 members (excludes halogenated alkanes) is 1. The van der Waals surface area contributed by atoms with E-state index in [2.05, 4.69) is 24.5 Å².